The van der Waals surface area contributed by atoms with Gasteiger partial charge in [0.25, 0.3) is 5.95 Å². The van der Waals surface area contributed by atoms with Gasteiger partial charge in [0, 0.05) is 6.92 Å². The minimum atomic E-state index is -0.310. The van der Waals surface area contributed by atoms with Crippen LogP contribution in [0.25, 0.3) is 17.0 Å². The fraction of sp³-hybridized carbons (Fsp3) is 0.100. The lowest BCUT2D eigenvalue weighted by Gasteiger charge is -1.94. The number of benzene rings is 1. The van der Waals surface area contributed by atoms with Crippen molar-refractivity contribution in [2.24, 2.45) is 0 Å². The van der Waals surface area contributed by atoms with Gasteiger partial charge >= 0.3 is 0 Å². The van der Waals surface area contributed by atoms with Crippen molar-refractivity contribution in [3.05, 3.63) is 24.3 Å². The van der Waals surface area contributed by atoms with Crippen LogP contribution in [-0.4, -0.2) is 35.7 Å². The van der Waals surface area contributed by atoms with E-state index >= 15 is 0 Å². The number of anilines is 1. The predicted molar refractivity (Wildman–Crippen MR) is 63.2 cm³/mol. The van der Waals surface area contributed by atoms with Crippen molar-refractivity contribution in [3.63, 3.8) is 0 Å². The van der Waals surface area contributed by atoms with Gasteiger partial charge in [-0.25, -0.2) is 0 Å². The number of nitrogens with zero attached hydrogens (tertiary/aromatic N) is 6. The Bertz CT molecular complexity index is 742. The van der Waals surface area contributed by atoms with Gasteiger partial charge in [-0.2, -0.15) is 14.3 Å². The summed E-state index contributed by atoms with van der Waals surface area (Å²) in [6.45, 7) is 1.36. The van der Waals surface area contributed by atoms with Gasteiger partial charge in [0.1, 0.15) is 5.52 Å². The van der Waals surface area contributed by atoms with E-state index in [0.29, 0.717) is 0 Å². The standard InChI is InChI=1S/C10H9N7O/c1-6(18)16-9(11)12-10(14-16)17-8-5-3-2-4-7(8)13-15-17/h2-5H,1H3,(H2,11,12,14). The summed E-state index contributed by atoms with van der Waals surface area (Å²) in [6.07, 6.45) is 0. The first-order valence-electron chi connectivity index (χ1n) is 5.21. The molecule has 1 aromatic carbocycles. The van der Waals surface area contributed by atoms with Crippen LogP contribution in [0.1, 0.15) is 11.7 Å². The second kappa shape index (κ2) is 3.62. The van der Waals surface area contributed by atoms with Crippen molar-refractivity contribution >= 4 is 22.9 Å². The fourth-order valence-electron chi connectivity index (χ4n) is 1.65. The molecule has 0 spiro atoms. The van der Waals surface area contributed by atoms with Crippen LogP contribution in [0.4, 0.5) is 5.95 Å². The molecule has 0 aliphatic rings. The monoisotopic (exact) mass is 243 g/mol. The van der Waals surface area contributed by atoms with Crippen LogP contribution < -0.4 is 5.73 Å². The maximum absolute atomic E-state index is 11.2. The van der Waals surface area contributed by atoms with E-state index in [1.807, 2.05) is 24.3 Å². The number of para-hydroxylation sites is 1. The largest absolute Gasteiger partial charge is 0.368 e. The maximum Gasteiger partial charge on any atom is 0.273 e. The third-order valence-corrected chi connectivity index (χ3v) is 2.46. The summed E-state index contributed by atoms with van der Waals surface area (Å²) in [5, 5.41) is 11.9. The van der Waals surface area contributed by atoms with Gasteiger partial charge < -0.3 is 5.73 Å². The summed E-state index contributed by atoms with van der Waals surface area (Å²) in [5.74, 6) is -0.0656. The molecule has 0 saturated carbocycles. The van der Waals surface area contributed by atoms with Gasteiger partial charge in [0.15, 0.2) is 0 Å². The summed E-state index contributed by atoms with van der Waals surface area (Å²) in [7, 11) is 0. The van der Waals surface area contributed by atoms with Crippen LogP contribution in [0.2, 0.25) is 0 Å². The lowest BCUT2D eigenvalue weighted by atomic mass is 10.3. The average Bonchev–Trinajstić information content (AvgIpc) is 2.92. The first-order chi connectivity index (χ1) is 8.66. The molecular formula is C10H9N7O. The Kier molecular flexibility index (Phi) is 2.09. The van der Waals surface area contributed by atoms with Gasteiger partial charge in [-0.15, -0.1) is 10.2 Å². The van der Waals surface area contributed by atoms with Crippen LogP contribution in [-0.2, 0) is 0 Å². The molecule has 8 heteroatoms. The molecule has 0 unspecified atom stereocenters. The quantitative estimate of drug-likeness (QED) is 0.657. The number of carbonyl (C=O) groups excluding carboxylic acids is 1. The Morgan fingerprint density at radius 2 is 2.11 bits per heavy atom. The Hall–Kier alpha value is -2.77. The highest BCUT2D eigenvalue weighted by Crippen LogP contribution is 2.14. The number of nitrogens with two attached hydrogens (primary N) is 1. The first kappa shape index (κ1) is 10.4. The molecule has 0 fully saturated rings. The van der Waals surface area contributed by atoms with Gasteiger partial charge in [0.2, 0.25) is 11.9 Å². The summed E-state index contributed by atoms with van der Waals surface area (Å²) >= 11 is 0. The predicted octanol–water partition coefficient (Wildman–Crippen LogP) is 0.254. The van der Waals surface area contributed by atoms with Crippen molar-refractivity contribution < 1.29 is 4.79 Å². The molecule has 3 aromatic rings. The molecule has 2 aromatic heterocycles. The molecule has 2 heterocycles. The van der Waals surface area contributed by atoms with E-state index in [-0.39, 0.29) is 17.8 Å². The van der Waals surface area contributed by atoms with Crippen molar-refractivity contribution in [1.29, 1.82) is 0 Å². The molecule has 3 rings (SSSR count). The van der Waals surface area contributed by atoms with Crippen LogP contribution in [0, 0.1) is 0 Å². The van der Waals surface area contributed by atoms with E-state index in [1.165, 1.54) is 11.6 Å². The zero-order valence-electron chi connectivity index (χ0n) is 9.48. The highest BCUT2D eigenvalue weighted by Gasteiger charge is 2.14. The zero-order chi connectivity index (χ0) is 12.7. The Balaban J connectivity index is 2.20. The fourth-order valence-corrected chi connectivity index (χ4v) is 1.65. The molecular weight excluding hydrogens is 234 g/mol. The highest BCUT2D eigenvalue weighted by molar-refractivity contribution is 5.78. The maximum atomic E-state index is 11.2. The lowest BCUT2D eigenvalue weighted by Crippen LogP contribution is -2.11. The molecule has 0 amide bonds. The number of fused-ring (bicyclic) bond motifs is 1. The number of carbonyl (C=O) groups is 1. The normalized spacial score (nSPS) is 10.9. The first-order valence-corrected chi connectivity index (χ1v) is 5.21. The van der Waals surface area contributed by atoms with Crippen LogP contribution in [0.3, 0.4) is 0 Å². The molecule has 0 atom stereocenters. The number of hydrogen-bond donors (Lipinski definition) is 1. The van der Waals surface area contributed by atoms with Gasteiger partial charge in [0.05, 0.1) is 5.52 Å². The van der Waals surface area contributed by atoms with E-state index in [1.54, 1.807) is 0 Å². The van der Waals surface area contributed by atoms with Crippen molar-refractivity contribution in [1.82, 2.24) is 29.8 Å². The van der Waals surface area contributed by atoms with Crippen LogP contribution in [0.15, 0.2) is 24.3 Å². The number of rotatable bonds is 1. The van der Waals surface area contributed by atoms with E-state index < -0.39 is 0 Å². The minimum absolute atomic E-state index is 0.0251. The zero-order valence-corrected chi connectivity index (χ0v) is 9.48. The van der Waals surface area contributed by atoms with Crippen LogP contribution in [0.5, 0.6) is 0 Å². The molecule has 18 heavy (non-hydrogen) atoms. The number of aromatic nitrogens is 6. The molecule has 8 nitrogen and oxygen atoms in total. The van der Waals surface area contributed by atoms with E-state index in [4.69, 9.17) is 5.73 Å². The summed E-state index contributed by atoms with van der Waals surface area (Å²) in [5.41, 5.74) is 7.07. The third-order valence-electron chi connectivity index (χ3n) is 2.46. The van der Waals surface area contributed by atoms with Gasteiger partial charge in [-0.1, -0.05) is 17.3 Å². The molecule has 0 aliphatic carbocycles. The highest BCUT2D eigenvalue weighted by atomic mass is 16.2. The average molecular weight is 243 g/mol. The SMILES string of the molecule is CC(=O)n1nc(-n2nnc3ccccc32)nc1N. The molecule has 90 valence electrons. The molecule has 0 aliphatic heterocycles. The van der Waals surface area contributed by atoms with Crippen molar-refractivity contribution in [3.8, 4) is 5.95 Å². The topological polar surface area (TPSA) is 105 Å². The Morgan fingerprint density at radius 3 is 2.83 bits per heavy atom. The molecule has 2 N–H and O–H groups in total. The van der Waals surface area contributed by atoms with Crippen molar-refractivity contribution in [2.45, 2.75) is 6.92 Å². The second-order valence-electron chi connectivity index (χ2n) is 3.69. The lowest BCUT2D eigenvalue weighted by molar-refractivity contribution is 0.0924. The van der Waals surface area contributed by atoms with Crippen molar-refractivity contribution in [2.75, 3.05) is 5.73 Å². The Labute approximate surface area is 101 Å². The Morgan fingerprint density at radius 1 is 1.33 bits per heavy atom. The van der Waals surface area contributed by atoms with E-state index in [2.05, 4.69) is 20.4 Å². The number of nitrogen functional groups attached to an aromatic ring is 1. The summed E-state index contributed by atoms with van der Waals surface area (Å²) in [6, 6.07) is 7.37. The van der Waals surface area contributed by atoms with Gasteiger partial charge in [-0.3, -0.25) is 4.79 Å². The van der Waals surface area contributed by atoms with Crippen LogP contribution >= 0.6 is 0 Å². The van der Waals surface area contributed by atoms with E-state index in [0.717, 1.165) is 15.7 Å². The minimum Gasteiger partial charge on any atom is -0.368 e. The third kappa shape index (κ3) is 1.43. The summed E-state index contributed by atoms with van der Waals surface area (Å²) < 4.78 is 2.46. The van der Waals surface area contributed by atoms with E-state index in [9.17, 15) is 4.79 Å². The van der Waals surface area contributed by atoms with Gasteiger partial charge in [-0.05, 0) is 12.1 Å². The molecule has 0 radical (unpaired) electrons. The molecule has 0 saturated heterocycles. The number of hydrogen-bond acceptors (Lipinski definition) is 6. The smallest absolute Gasteiger partial charge is 0.273 e. The molecule has 0 bridgehead atoms. The summed E-state index contributed by atoms with van der Waals surface area (Å²) in [4.78, 5) is 15.2. The second-order valence-corrected chi connectivity index (χ2v) is 3.69.